The van der Waals surface area contributed by atoms with E-state index in [9.17, 15) is 31.9 Å². The van der Waals surface area contributed by atoms with Gasteiger partial charge in [-0.1, -0.05) is 30.3 Å². The van der Waals surface area contributed by atoms with Gasteiger partial charge in [0.2, 0.25) is 5.91 Å². The Hall–Kier alpha value is -4.96. The number of nitrogens with one attached hydrogen (secondary N) is 4. The first-order valence-electron chi connectivity index (χ1n) is 15.5. The molecule has 0 unspecified atom stereocenters. The van der Waals surface area contributed by atoms with Crippen molar-refractivity contribution < 1.29 is 55.3 Å². The van der Waals surface area contributed by atoms with Crippen molar-refractivity contribution in [2.45, 2.75) is 43.1 Å². The highest BCUT2D eigenvalue weighted by Gasteiger charge is 2.34. The second-order valence-corrected chi connectivity index (χ2v) is 11.3. The monoisotopic (exact) mass is 708 g/mol. The fourth-order valence-electron chi connectivity index (χ4n) is 5.37. The van der Waals surface area contributed by atoms with E-state index in [0.29, 0.717) is 23.3 Å². The van der Waals surface area contributed by atoms with Crippen LogP contribution in [0.3, 0.4) is 0 Å². The van der Waals surface area contributed by atoms with Crippen LogP contribution < -0.4 is 26.0 Å². The molecule has 0 aromatic heterocycles. The molecule has 3 aromatic carbocycles. The first kappa shape index (κ1) is 37.9. The van der Waals surface area contributed by atoms with Crippen molar-refractivity contribution in [1.82, 2.24) is 16.0 Å². The Balaban J connectivity index is 1.47. The fraction of sp³-hybridized carbons (Fsp3) is 0.382. The number of ether oxygens (including phenoxy) is 4. The molecule has 0 saturated carbocycles. The molecule has 3 amide bonds. The van der Waals surface area contributed by atoms with Gasteiger partial charge in [-0.15, -0.1) is 0 Å². The molecule has 11 nitrogen and oxygen atoms in total. The molecule has 1 saturated heterocycles. The van der Waals surface area contributed by atoms with Crippen molar-refractivity contribution in [3.05, 3.63) is 95.1 Å². The standard InChI is InChI=1S/C34H37F5N4O7/c1-47-24-6-3-5-21(15-24)29(20-9-11-22(35)12-10-20)30(43-33(46)48-2)31(44)42-28-8-4-7-27(36)26(28)14-13-25-16-40-23(17-49-25)18-50-32(45)41-19-34(37,38)39/h3-12,15,23,25,29-30,40H,13-14,16-19H2,1-2H3,(H,41,45)(H,42,44)(H,43,46)/t23-,25+,29+,30-/m0/s1. The number of alkyl carbamates (subject to hydrolysis) is 2. The summed E-state index contributed by atoms with van der Waals surface area (Å²) in [7, 11) is 2.61. The van der Waals surface area contributed by atoms with Crippen LogP contribution in [0.4, 0.5) is 37.2 Å². The van der Waals surface area contributed by atoms with Crippen molar-refractivity contribution in [2.75, 3.05) is 45.8 Å². The first-order valence-corrected chi connectivity index (χ1v) is 15.5. The molecule has 0 radical (unpaired) electrons. The molecule has 4 N–H and O–H groups in total. The minimum Gasteiger partial charge on any atom is -0.497 e. The van der Waals surface area contributed by atoms with Crippen LogP contribution in [-0.2, 0) is 25.4 Å². The molecular formula is C34H37F5N4O7. The third-order valence-electron chi connectivity index (χ3n) is 7.87. The number of morpholine rings is 1. The zero-order chi connectivity index (χ0) is 36.3. The SMILES string of the molecule is COC(=O)N[C@H](C(=O)Nc1cccc(F)c1CC[C@@H]1CN[C@H](COC(=O)NCC(F)(F)F)CO1)[C@H](c1ccc(F)cc1)c1cccc(OC)c1. The van der Waals surface area contributed by atoms with Gasteiger partial charge in [-0.3, -0.25) is 4.79 Å². The Morgan fingerprint density at radius 2 is 1.72 bits per heavy atom. The Bertz CT molecular complexity index is 1600. The van der Waals surface area contributed by atoms with Crippen LogP contribution in [0.1, 0.15) is 29.0 Å². The molecule has 0 aliphatic carbocycles. The molecule has 270 valence electrons. The van der Waals surface area contributed by atoms with Gasteiger partial charge in [0.1, 0.15) is 36.6 Å². The van der Waals surface area contributed by atoms with E-state index in [1.807, 2.05) is 0 Å². The van der Waals surface area contributed by atoms with Crippen molar-refractivity contribution >= 4 is 23.8 Å². The summed E-state index contributed by atoms with van der Waals surface area (Å²) in [5, 5.41) is 10.0. The van der Waals surface area contributed by atoms with Crippen molar-refractivity contribution in [1.29, 1.82) is 0 Å². The maximum Gasteiger partial charge on any atom is 0.407 e. The van der Waals surface area contributed by atoms with Gasteiger partial charge in [0.15, 0.2) is 0 Å². The van der Waals surface area contributed by atoms with Crippen molar-refractivity contribution in [3.63, 3.8) is 0 Å². The Morgan fingerprint density at radius 3 is 2.38 bits per heavy atom. The summed E-state index contributed by atoms with van der Waals surface area (Å²) in [6.45, 7) is -1.39. The molecule has 16 heteroatoms. The van der Waals surface area contributed by atoms with Crippen LogP contribution in [0.2, 0.25) is 0 Å². The predicted octanol–water partition coefficient (Wildman–Crippen LogP) is 5.05. The average molecular weight is 709 g/mol. The van der Waals surface area contributed by atoms with E-state index in [1.54, 1.807) is 29.6 Å². The van der Waals surface area contributed by atoms with Gasteiger partial charge in [0.05, 0.1) is 33.0 Å². The zero-order valence-corrected chi connectivity index (χ0v) is 27.2. The van der Waals surface area contributed by atoms with E-state index in [0.717, 1.165) is 7.11 Å². The second kappa shape index (κ2) is 17.6. The molecule has 1 fully saturated rings. The molecule has 1 aliphatic heterocycles. The van der Waals surface area contributed by atoms with Gasteiger partial charge in [-0.2, -0.15) is 13.2 Å². The maximum absolute atomic E-state index is 15.2. The minimum atomic E-state index is -4.57. The summed E-state index contributed by atoms with van der Waals surface area (Å²) in [5.74, 6) is -2.20. The smallest absolute Gasteiger partial charge is 0.407 e. The molecule has 4 atom stereocenters. The number of hydrogen-bond donors (Lipinski definition) is 4. The highest BCUT2D eigenvalue weighted by atomic mass is 19.4. The zero-order valence-electron chi connectivity index (χ0n) is 27.2. The van der Waals surface area contributed by atoms with Crippen LogP contribution in [0.25, 0.3) is 0 Å². The molecule has 50 heavy (non-hydrogen) atoms. The van der Waals surface area contributed by atoms with Gasteiger partial charge in [-0.05, 0) is 60.4 Å². The Labute approximate surface area is 284 Å². The predicted molar refractivity (Wildman–Crippen MR) is 171 cm³/mol. The fourth-order valence-corrected chi connectivity index (χ4v) is 5.37. The van der Waals surface area contributed by atoms with E-state index in [1.165, 1.54) is 49.6 Å². The highest BCUT2D eigenvalue weighted by Crippen LogP contribution is 2.32. The van der Waals surface area contributed by atoms with Gasteiger partial charge in [-0.25, -0.2) is 18.4 Å². The van der Waals surface area contributed by atoms with E-state index in [-0.39, 0.29) is 37.4 Å². The highest BCUT2D eigenvalue weighted by molar-refractivity contribution is 5.98. The molecule has 1 heterocycles. The first-order chi connectivity index (χ1) is 23.9. The van der Waals surface area contributed by atoms with Crippen molar-refractivity contribution in [2.24, 2.45) is 0 Å². The van der Waals surface area contributed by atoms with Gasteiger partial charge in [0, 0.05) is 23.7 Å². The summed E-state index contributed by atoms with van der Waals surface area (Å²) in [4.78, 5) is 38.1. The number of carbonyl (C=O) groups is 3. The summed E-state index contributed by atoms with van der Waals surface area (Å²) in [6, 6.07) is 14.6. The topological polar surface area (TPSA) is 136 Å². The van der Waals surface area contributed by atoms with E-state index in [4.69, 9.17) is 18.9 Å². The summed E-state index contributed by atoms with van der Waals surface area (Å²) in [5.41, 5.74) is 1.37. The van der Waals surface area contributed by atoms with E-state index < -0.39 is 66.6 Å². The number of anilines is 1. The van der Waals surface area contributed by atoms with E-state index in [2.05, 4.69) is 16.0 Å². The lowest BCUT2D eigenvalue weighted by molar-refractivity contribution is -0.124. The number of rotatable bonds is 13. The molecule has 0 bridgehead atoms. The van der Waals surface area contributed by atoms with Gasteiger partial charge < -0.3 is 40.2 Å². The molecule has 0 spiro atoms. The lowest BCUT2D eigenvalue weighted by Gasteiger charge is -2.30. The van der Waals surface area contributed by atoms with E-state index >= 15 is 4.39 Å². The lowest BCUT2D eigenvalue weighted by Crippen LogP contribution is -2.49. The number of methoxy groups -OCH3 is 2. The molecule has 4 rings (SSSR count). The molecular weight excluding hydrogens is 671 g/mol. The largest absolute Gasteiger partial charge is 0.497 e. The summed E-state index contributed by atoms with van der Waals surface area (Å²) >= 11 is 0. The van der Waals surface area contributed by atoms with Crippen LogP contribution in [0.15, 0.2) is 66.7 Å². The number of amides is 3. The minimum absolute atomic E-state index is 0.0774. The number of alkyl halides is 3. The third kappa shape index (κ3) is 11.0. The van der Waals surface area contributed by atoms with Crippen LogP contribution >= 0.6 is 0 Å². The quantitative estimate of drug-likeness (QED) is 0.181. The van der Waals surface area contributed by atoms with Crippen LogP contribution in [-0.4, -0.2) is 83.0 Å². The third-order valence-corrected chi connectivity index (χ3v) is 7.87. The van der Waals surface area contributed by atoms with Crippen molar-refractivity contribution in [3.8, 4) is 5.75 Å². The summed E-state index contributed by atoms with van der Waals surface area (Å²) < 4.78 is 86.8. The molecule has 3 aromatic rings. The van der Waals surface area contributed by atoms with Gasteiger partial charge >= 0.3 is 18.4 Å². The normalized spacial score (nSPS) is 17.2. The average Bonchev–Trinajstić information content (AvgIpc) is 3.10. The van der Waals surface area contributed by atoms with Gasteiger partial charge in [0.25, 0.3) is 0 Å². The number of halogens is 5. The van der Waals surface area contributed by atoms with Crippen LogP contribution in [0.5, 0.6) is 5.75 Å². The number of hydrogen-bond acceptors (Lipinski definition) is 8. The lowest BCUT2D eigenvalue weighted by atomic mass is 9.84. The summed E-state index contributed by atoms with van der Waals surface area (Å²) in [6.07, 6.45) is -6.66. The van der Waals surface area contributed by atoms with Crippen LogP contribution in [0, 0.1) is 11.6 Å². The molecule has 1 aliphatic rings. The maximum atomic E-state index is 15.2. The Kier molecular flexibility index (Phi) is 13.3. The second-order valence-electron chi connectivity index (χ2n) is 11.3. The Morgan fingerprint density at radius 1 is 0.980 bits per heavy atom. The number of carbonyl (C=O) groups excluding carboxylic acids is 3. The number of benzene rings is 3.